The van der Waals surface area contributed by atoms with Gasteiger partial charge in [0.25, 0.3) is 5.88 Å². The quantitative estimate of drug-likeness (QED) is 0.644. The molecule has 0 amide bonds. The highest BCUT2D eigenvalue weighted by molar-refractivity contribution is 5.62. The predicted molar refractivity (Wildman–Crippen MR) is 78.8 cm³/mol. The number of methoxy groups -OCH3 is 1. The van der Waals surface area contributed by atoms with E-state index in [-0.39, 0.29) is 23.3 Å². The Morgan fingerprint density at radius 3 is 2.68 bits per heavy atom. The maximum absolute atomic E-state index is 11.3. The minimum atomic E-state index is -0.523. The molecule has 1 N–H and O–H groups in total. The maximum atomic E-state index is 11.3. The summed E-state index contributed by atoms with van der Waals surface area (Å²) in [4.78, 5) is 23.2. The summed E-state index contributed by atoms with van der Waals surface area (Å²) < 4.78 is 5.08. The van der Waals surface area contributed by atoms with Crippen molar-refractivity contribution in [1.29, 1.82) is 0 Å². The van der Waals surface area contributed by atoms with E-state index in [1.807, 2.05) is 12.1 Å². The van der Waals surface area contributed by atoms with E-state index in [2.05, 4.69) is 20.3 Å². The average molecular weight is 301 g/mol. The Balaban J connectivity index is 1.92. The van der Waals surface area contributed by atoms with Gasteiger partial charge >= 0.3 is 5.69 Å². The Hall–Kier alpha value is -2.77. The molecule has 0 aromatic carbocycles. The Bertz CT molecular complexity index is 688. The van der Waals surface area contributed by atoms with E-state index in [0.717, 1.165) is 18.4 Å². The zero-order valence-electron chi connectivity index (χ0n) is 12.0. The van der Waals surface area contributed by atoms with Crippen molar-refractivity contribution in [2.45, 2.75) is 25.3 Å². The van der Waals surface area contributed by atoms with E-state index in [1.54, 1.807) is 12.4 Å². The molecule has 1 fully saturated rings. The molecule has 0 unspecified atom stereocenters. The van der Waals surface area contributed by atoms with Crippen LogP contribution in [0, 0.1) is 10.1 Å². The van der Waals surface area contributed by atoms with Gasteiger partial charge in [-0.05, 0) is 30.5 Å². The molecule has 1 aliphatic carbocycles. The SMILES string of the molecule is COc1nc(C2CC2)nc(NCc2ccncc2)c1[N+](=O)[O-]. The first-order valence-corrected chi connectivity index (χ1v) is 6.92. The van der Waals surface area contributed by atoms with Crippen molar-refractivity contribution < 1.29 is 9.66 Å². The highest BCUT2D eigenvalue weighted by Crippen LogP contribution is 2.41. The van der Waals surface area contributed by atoms with Crippen LogP contribution in [0.5, 0.6) is 5.88 Å². The van der Waals surface area contributed by atoms with Crippen LogP contribution < -0.4 is 10.1 Å². The summed E-state index contributed by atoms with van der Waals surface area (Å²) in [6.07, 6.45) is 5.35. The van der Waals surface area contributed by atoms with E-state index in [9.17, 15) is 10.1 Å². The third-order valence-corrected chi connectivity index (χ3v) is 3.40. The summed E-state index contributed by atoms with van der Waals surface area (Å²) in [5.74, 6) is 1.06. The molecule has 0 saturated heterocycles. The number of pyridine rings is 1. The largest absolute Gasteiger partial charge is 0.476 e. The molecule has 2 aromatic heterocycles. The first kappa shape index (κ1) is 14.2. The molecular weight excluding hydrogens is 286 g/mol. The summed E-state index contributed by atoms with van der Waals surface area (Å²) >= 11 is 0. The van der Waals surface area contributed by atoms with Gasteiger partial charge in [0.15, 0.2) is 0 Å². The lowest BCUT2D eigenvalue weighted by molar-refractivity contribution is -0.385. The lowest BCUT2D eigenvalue weighted by Crippen LogP contribution is -2.09. The zero-order valence-corrected chi connectivity index (χ0v) is 12.0. The van der Waals surface area contributed by atoms with E-state index in [4.69, 9.17) is 4.74 Å². The topological polar surface area (TPSA) is 103 Å². The van der Waals surface area contributed by atoms with Crippen LogP contribution in [-0.4, -0.2) is 27.0 Å². The number of nitrogens with zero attached hydrogens (tertiary/aromatic N) is 4. The van der Waals surface area contributed by atoms with Gasteiger partial charge in [-0.2, -0.15) is 4.98 Å². The van der Waals surface area contributed by atoms with Gasteiger partial charge in [0, 0.05) is 24.9 Å². The highest BCUT2D eigenvalue weighted by atomic mass is 16.6. The standard InChI is InChI=1S/C14H15N5O3/c1-22-14-11(19(20)21)13(17-12(18-14)10-2-3-10)16-8-9-4-6-15-7-5-9/h4-7,10H,2-3,8H2,1H3,(H,16,17,18). The second kappa shape index (κ2) is 5.92. The van der Waals surface area contributed by atoms with Gasteiger partial charge in [-0.1, -0.05) is 0 Å². The Kier molecular flexibility index (Phi) is 3.82. The summed E-state index contributed by atoms with van der Waals surface area (Å²) in [5, 5.41) is 14.3. The van der Waals surface area contributed by atoms with E-state index < -0.39 is 4.92 Å². The number of rotatable bonds is 6. The monoisotopic (exact) mass is 301 g/mol. The third kappa shape index (κ3) is 2.95. The van der Waals surface area contributed by atoms with Crippen molar-refractivity contribution in [3.8, 4) is 5.88 Å². The average Bonchev–Trinajstić information content (AvgIpc) is 3.37. The van der Waals surface area contributed by atoms with Crippen molar-refractivity contribution >= 4 is 11.5 Å². The zero-order chi connectivity index (χ0) is 15.5. The van der Waals surface area contributed by atoms with Gasteiger partial charge in [-0.15, -0.1) is 0 Å². The minimum absolute atomic E-state index is 0.000807. The number of aromatic nitrogens is 3. The minimum Gasteiger partial charge on any atom is -0.476 e. The number of hydrogen-bond donors (Lipinski definition) is 1. The molecule has 3 rings (SSSR count). The van der Waals surface area contributed by atoms with Crippen LogP contribution in [0.25, 0.3) is 0 Å². The van der Waals surface area contributed by atoms with E-state index >= 15 is 0 Å². The molecule has 1 aliphatic rings. The second-order valence-corrected chi connectivity index (χ2v) is 5.03. The van der Waals surface area contributed by atoms with Crippen LogP contribution in [0.4, 0.5) is 11.5 Å². The van der Waals surface area contributed by atoms with Gasteiger partial charge in [0.1, 0.15) is 5.82 Å². The number of anilines is 1. The number of ether oxygens (including phenoxy) is 1. The first-order valence-electron chi connectivity index (χ1n) is 6.92. The van der Waals surface area contributed by atoms with Crippen LogP contribution in [0.3, 0.4) is 0 Å². The van der Waals surface area contributed by atoms with Crippen LogP contribution >= 0.6 is 0 Å². The molecule has 114 valence electrons. The fraction of sp³-hybridized carbons (Fsp3) is 0.357. The predicted octanol–water partition coefficient (Wildman–Crippen LogP) is 2.28. The maximum Gasteiger partial charge on any atom is 0.372 e. The van der Waals surface area contributed by atoms with Crippen LogP contribution in [-0.2, 0) is 6.54 Å². The summed E-state index contributed by atoms with van der Waals surface area (Å²) in [6, 6.07) is 3.66. The third-order valence-electron chi connectivity index (χ3n) is 3.40. The van der Waals surface area contributed by atoms with Crippen LogP contribution in [0.1, 0.15) is 30.1 Å². The van der Waals surface area contributed by atoms with Gasteiger partial charge in [0.05, 0.1) is 12.0 Å². The molecular formula is C14H15N5O3. The number of hydrogen-bond acceptors (Lipinski definition) is 7. The molecule has 2 aromatic rings. The normalized spacial score (nSPS) is 13.7. The molecule has 0 radical (unpaired) electrons. The van der Waals surface area contributed by atoms with E-state index in [1.165, 1.54) is 7.11 Å². The number of nitrogens with one attached hydrogen (secondary N) is 1. The van der Waals surface area contributed by atoms with E-state index in [0.29, 0.717) is 12.4 Å². The van der Waals surface area contributed by atoms with Crippen molar-refractivity contribution in [3.63, 3.8) is 0 Å². The molecule has 2 heterocycles. The molecule has 1 saturated carbocycles. The molecule has 0 atom stereocenters. The second-order valence-electron chi connectivity index (χ2n) is 5.03. The Labute approximate surface area is 126 Å². The summed E-state index contributed by atoms with van der Waals surface area (Å²) in [5.41, 5.74) is 0.718. The first-order chi connectivity index (χ1) is 10.7. The fourth-order valence-electron chi connectivity index (χ4n) is 2.09. The molecule has 0 bridgehead atoms. The molecule has 0 spiro atoms. The Morgan fingerprint density at radius 1 is 1.36 bits per heavy atom. The lowest BCUT2D eigenvalue weighted by Gasteiger charge is -2.10. The van der Waals surface area contributed by atoms with Crippen LogP contribution in [0.15, 0.2) is 24.5 Å². The van der Waals surface area contributed by atoms with Gasteiger partial charge in [-0.3, -0.25) is 15.1 Å². The van der Waals surface area contributed by atoms with Crippen molar-refractivity contribution in [2.24, 2.45) is 0 Å². The van der Waals surface area contributed by atoms with Crippen molar-refractivity contribution in [1.82, 2.24) is 15.0 Å². The summed E-state index contributed by atoms with van der Waals surface area (Å²) in [6.45, 7) is 0.410. The molecule has 8 heteroatoms. The van der Waals surface area contributed by atoms with Gasteiger partial charge < -0.3 is 10.1 Å². The molecule has 0 aliphatic heterocycles. The lowest BCUT2D eigenvalue weighted by atomic mass is 10.2. The molecule has 22 heavy (non-hydrogen) atoms. The van der Waals surface area contributed by atoms with Crippen molar-refractivity contribution in [3.05, 3.63) is 46.0 Å². The van der Waals surface area contributed by atoms with Crippen molar-refractivity contribution in [2.75, 3.05) is 12.4 Å². The smallest absolute Gasteiger partial charge is 0.372 e. The van der Waals surface area contributed by atoms with Gasteiger partial charge in [-0.25, -0.2) is 4.98 Å². The Morgan fingerprint density at radius 2 is 2.09 bits per heavy atom. The summed E-state index contributed by atoms with van der Waals surface area (Å²) in [7, 11) is 1.37. The highest BCUT2D eigenvalue weighted by Gasteiger charge is 2.32. The van der Waals surface area contributed by atoms with Gasteiger partial charge in [0.2, 0.25) is 5.82 Å². The molecule has 8 nitrogen and oxygen atoms in total. The number of nitro groups is 1. The van der Waals surface area contributed by atoms with Crippen LogP contribution in [0.2, 0.25) is 0 Å². The fourth-order valence-corrected chi connectivity index (χ4v) is 2.09.